The highest BCUT2D eigenvalue weighted by atomic mass is 32.2. The van der Waals surface area contributed by atoms with Gasteiger partial charge in [-0.05, 0) is 43.2 Å². The van der Waals surface area contributed by atoms with Crippen molar-refractivity contribution in [2.45, 2.75) is 30.8 Å². The Balaban J connectivity index is 1.62. The van der Waals surface area contributed by atoms with Crippen LogP contribution in [0.3, 0.4) is 0 Å². The number of anilines is 1. The van der Waals surface area contributed by atoms with Crippen molar-refractivity contribution in [2.75, 3.05) is 5.32 Å². The monoisotopic (exact) mass is 444 g/mol. The summed E-state index contributed by atoms with van der Waals surface area (Å²) in [6, 6.07) is 24.7. The number of amides is 1. The van der Waals surface area contributed by atoms with Crippen LogP contribution in [0.15, 0.2) is 84.0 Å². The van der Waals surface area contributed by atoms with Crippen LogP contribution in [-0.2, 0) is 11.3 Å². The quantitative estimate of drug-likeness (QED) is 0.387. The molecule has 7 heteroatoms. The second kappa shape index (κ2) is 9.70. The van der Waals surface area contributed by atoms with Gasteiger partial charge < -0.3 is 10.4 Å². The average molecular weight is 445 g/mol. The van der Waals surface area contributed by atoms with Crippen molar-refractivity contribution in [1.82, 2.24) is 14.8 Å². The van der Waals surface area contributed by atoms with Crippen molar-refractivity contribution in [3.8, 4) is 17.1 Å². The zero-order valence-corrected chi connectivity index (χ0v) is 18.7. The molecule has 0 saturated carbocycles. The fourth-order valence-corrected chi connectivity index (χ4v) is 4.15. The molecule has 0 spiro atoms. The summed E-state index contributed by atoms with van der Waals surface area (Å²) in [4.78, 5) is 12.8. The van der Waals surface area contributed by atoms with E-state index >= 15 is 0 Å². The van der Waals surface area contributed by atoms with E-state index < -0.39 is 5.25 Å². The Bertz CT molecular complexity index is 1220. The summed E-state index contributed by atoms with van der Waals surface area (Å²) in [5.74, 6) is 0.583. The molecule has 2 N–H and O–H groups in total. The Hall–Kier alpha value is -3.58. The number of hydrogen-bond donors (Lipinski definition) is 2. The molecule has 0 saturated heterocycles. The third kappa shape index (κ3) is 4.84. The molecule has 3 aromatic carbocycles. The van der Waals surface area contributed by atoms with E-state index in [0.717, 1.165) is 16.8 Å². The van der Waals surface area contributed by atoms with Crippen LogP contribution in [0.1, 0.15) is 18.1 Å². The molecule has 1 aromatic heterocycles. The van der Waals surface area contributed by atoms with Crippen molar-refractivity contribution in [1.29, 1.82) is 0 Å². The first-order chi connectivity index (χ1) is 15.5. The number of hydrogen-bond acceptors (Lipinski definition) is 5. The second-order valence-corrected chi connectivity index (χ2v) is 8.77. The average Bonchev–Trinajstić information content (AvgIpc) is 3.18. The molecule has 1 amide bonds. The molecule has 4 aromatic rings. The standard InChI is InChI=1S/C25H24N4O2S/c1-17-10-6-8-14-21(17)26-24(31)18(2)32-25-28-27-23(20-13-7-9-15-22(20)30)29(25)16-19-11-4-3-5-12-19/h3-15,18,30H,16H2,1-2H3,(H,26,31)/t18-/m0/s1. The number of aromatic hydroxyl groups is 1. The maximum Gasteiger partial charge on any atom is 0.237 e. The molecule has 0 aliphatic heterocycles. The smallest absolute Gasteiger partial charge is 0.237 e. The van der Waals surface area contributed by atoms with Crippen LogP contribution in [0.5, 0.6) is 5.75 Å². The Kier molecular flexibility index (Phi) is 6.56. The number of para-hydroxylation sites is 2. The maximum absolute atomic E-state index is 12.8. The summed E-state index contributed by atoms with van der Waals surface area (Å²) in [5, 5.41) is 22.3. The topological polar surface area (TPSA) is 80.0 Å². The Labute approximate surface area is 191 Å². The molecule has 0 fully saturated rings. The number of thioether (sulfide) groups is 1. The molecular weight excluding hydrogens is 420 g/mol. The minimum absolute atomic E-state index is 0.109. The fraction of sp³-hybridized carbons (Fsp3) is 0.160. The molecular formula is C25H24N4O2S. The first-order valence-electron chi connectivity index (χ1n) is 10.3. The Morgan fingerprint density at radius 2 is 1.69 bits per heavy atom. The normalized spacial score (nSPS) is 11.8. The molecule has 4 rings (SSSR count). The number of rotatable bonds is 7. The van der Waals surface area contributed by atoms with Gasteiger partial charge in [0.2, 0.25) is 5.91 Å². The summed E-state index contributed by atoms with van der Waals surface area (Å²) in [6.07, 6.45) is 0. The SMILES string of the molecule is Cc1ccccc1NC(=O)[C@H](C)Sc1nnc(-c2ccccc2O)n1Cc1ccccc1. The van der Waals surface area contributed by atoms with Crippen molar-refractivity contribution in [3.05, 3.63) is 90.0 Å². The number of phenolic OH excluding ortho intramolecular Hbond substituents is 1. The van der Waals surface area contributed by atoms with Crippen LogP contribution in [0, 0.1) is 6.92 Å². The van der Waals surface area contributed by atoms with Gasteiger partial charge in [0, 0.05) is 5.69 Å². The van der Waals surface area contributed by atoms with E-state index in [0.29, 0.717) is 23.1 Å². The van der Waals surface area contributed by atoms with Crippen LogP contribution in [-0.4, -0.2) is 31.0 Å². The molecule has 0 unspecified atom stereocenters. The van der Waals surface area contributed by atoms with Gasteiger partial charge in [0.1, 0.15) is 5.75 Å². The number of carbonyl (C=O) groups excluding carboxylic acids is 1. The Morgan fingerprint density at radius 3 is 2.44 bits per heavy atom. The third-order valence-electron chi connectivity index (χ3n) is 5.10. The lowest BCUT2D eigenvalue weighted by Gasteiger charge is -2.15. The van der Waals surface area contributed by atoms with Gasteiger partial charge in [0.25, 0.3) is 0 Å². The number of phenols is 1. The molecule has 1 atom stereocenters. The van der Waals surface area contributed by atoms with Crippen LogP contribution >= 0.6 is 11.8 Å². The molecule has 162 valence electrons. The van der Waals surface area contributed by atoms with Gasteiger partial charge in [-0.2, -0.15) is 0 Å². The fourth-order valence-electron chi connectivity index (χ4n) is 3.31. The largest absolute Gasteiger partial charge is 0.507 e. The highest BCUT2D eigenvalue weighted by Crippen LogP contribution is 2.32. The lowest BCUT2D eigenvalue weighted by Crippen LogP contribution is -2.23. The summed E-state index contributed by atoms with van der Waals surface area (Å²) >= 11 is 1.34. The lowest BCUT2D eigenvalue weighted by atomic mass is 10.1. The van der Waals surface area contributed by atoms with Crippen LogP contribution in [0.2, 0.25) is 0 Å². The van der Waals surface area contributed by atoms with E-state index in [2.05, 4.69) is 15.5 Å². The first-order valence-corrected chi connectivity index (χ1v) is 11.2. The molecule has 0 aliphatic carbocycles. The number of benzene rings is 3. The Morgan fingerprint density at radius 1 is 1.00 bits per heavy atom. The van der Waals surface area contributed by atoms with Crippen LogP contribution < -0.4 is 5.32 Å². The van der Waals surface area contributed by atoms with E-state index in [1.165, 1.54) is 11.8 Å². The molecule has 1 heterocycles. The van der Waals surface area contributed by atoms with E-state index in [4.69, 9.17) is 0 Å². The summed E-state index contributed by atoms with van der Waals surface area (Å²) < 4.78 is 1.94. The van der Waals surface area contributed by atoms with Crippen molar-refractivity contribution < 1.29 is 9.90 Å². The predicted molar refractivity (Wildman–Crippen MR) is 128 cm³/mol. The summed E-state index contributed by atoms with van der Waals surface area (Å²) in [6.45, 7) is 4.33. The minimum Gasteiger partial charge on any atom is -0.507 e. The zero-order valence-electron chi connectivity index (χ0n) is 17.9. The van der Waals surface area contributed by atoms with Gasteiger partial charge in [-0.1, -0.05) is 72.4 Å². The highest BCUT2D eigenvalue weighted by Gasteiger charge is 2.22. The van der Waals surface area contributed by atoms with Gasteiger partial charge in [-0.15, -0.1) is 10.2 Å². The van der Waals surface area contributed by atoms with Crippen molar-refractivity contribution >= 4 is 23.4 Å². The van der Waals surface area contributed by atoms with Crippen LogP contribution in [0.25, 0.3) is 11.4 Å². The number of nitrogens with one attached hydrogen (secondary N) is 1. The molecule has 6 nitrogen and oxygen atoms in total. The highest BCUT2D eigenvalue weighted by molar-refractivity contribution is 8.00. The van der Waals surface area contributed by atoms with E-state index in [1.54, 1.807) is 12.1 Å². The lowest BCUT2D eigenvalue weighted by molar-refractivity contribution is -0.115. The molecule has 0 radical (unpaired) electrons. The molecule has 0 aliphatic rings. The van der Waals surface area contributed by atoms with Crippen LogP contribution in [0.4, 0.5) is 5.69 Å². The number of nitrogens with zero attached hydrogens (tertiary/aromatic N) is 3. The van der Waals surface area contributed by atoms with Gasteiger partial charge >= 0.3 is 0 Å². The van der Waals surface area contributed by atoms with E-state index in [9.17, 15) is 9.90 Å². The summed E-state index contributed by atoms with van der Waals surface area (Å²) in [5.41, 5.74) is 3.47. The zero-order chi connectivity index (χ0) is 22.5. The number of aromatic nitrogens is 3. The molecule has 32 heavy (non-hydrogen) atoms. The second-order valence-electron chi connectivity index (χ2n) is 7.46. The van der Waals surface area contributed by atoms with Gasteiger partial charge in [0.05, 0.1) is 17.4 Å². The minimum atomic E-state index is -0.398. The predicted octanol–water partition coefficient (Wildman–Crippen LogP) is 5.13. The number of aryl methyl sites for hydroxylation is 1. The van der Waals surface area contributed by atoms with Crippen molar-refractivity contribution in [2.24, 2.45) is 0 Å². The number of carbonyl (C=O) groups is 1. The summed E-state index contributed by atoms with van der Waals surface area (Å²) in [7, 11) is 0. The van der Waals surface area contributed by atoms with Crippen molar-refractivity contribution in [3.63, 3.8) is 0 Å². The molecule has 0 bridgehead atoms. The first kappa shape index (κ1) is 21.6. The van der Waals surface area contributed by atoms with Gasteiger partial charge in [-0.25, -0.2) is 0 Å². The van der Waals surface area contributed by atoms with Gasteiger partial charge in [-0.3, -0.25) is 9.36 Å². The maximum atomic E-state index is 12.8. The van der Waals surface area contributed by atoms with Gasteiger partial charge in [0.15, 0.2) is 11.0 Å². The van der Waals surface area contributed by atoms with E-state index in [1.807, 2.05) is 85.1 Å². The van der Waals surface area contributed by atoms with E-state index in [-0.39, 0.29) is 11.7 Å². The third-order valence-corrected chi connectivity index (χ3v) is 6.18.